The summed E-state index contributed by atoms with van der Waals surface area (Å²) in [5, 5.41) is 6.12. The number of hydrogen-bond acceptors (Lipinski definition) is 5. The molecule has 4 rings (SSSR count). The lowest BCUT2D eigenvalue weighted by atomic mass is 9.99. The number of hydrogen-bond donors (Lipinski definition) is 2. The SMILES string of the molecule is CC1CCN(c2ccc(Nc3ccc(NC(=O)c4cccnc4)cn3)cc2)CC1. The Hall–Kier alpha value is -3.41. The fraction of sp³-hybridized carbons (Fsp3) is 0.261. The first-order valence-electron chi connectivity index (χ1n) is 9.97. The van der Waals surface area contributed by atoms with E-state index in [0.29, 0.717) is 11.3 Å². The Bertz CT molecular complexity index is 933. The Morgan fingerprint density at radius 2 is 1.76 bits per heavy atom. The van der Waals surface area contributed by atoms with Gasteiger partial charge in [0.05, 0.1) is 17.4 Å². The highest BCUT2D eigenvalue weighted by molar-refractivity contribution is 6.03. The molecule has 0 spiro atoms. The van der Waals surface area contributed by atoms with Crippen molar-refractivity contribution in [3.8, 4) is 0 Å². The normalized spacial score (nSPS) is 14.4. The molecule has 0 unspecified atom stereocenters. The second-order valence-electron chi connectivity index (χ2n) is 7.47. The molecule has 1 aliphatic rings. The highest BCUT2D eigenvalue weighted by Gasteiger charge is 2.15. The van der Waals surface area contributed by atoms with Crippen LogP contribution < -0.4 is 15.5 Å². The summed E-state index contributed by atoms with van der Waals surface area (Å²) < 4.78 is 0. The van der Waals surface area contributed by atoms with E-state index in [1.54, 1.807) is 24.5 Å². The van der Waals surface area contributed by atoms with Crippen molar-refractivity contribution < 1.29 is 4.79 Å². The van der Waals surface area contributed by atoms with E-state index in [4.69, 9.17) is 0 Å². The van der Waals surface area contributed by atoms with Gasteiger partial charge in [-0.3, -0.25) is 9.78 Å². The van der Waals surface area contributed by atoms with Crippen molar-refractivity contribution in [2.75, 3.05) is 28.6 Å². The number of nitrogens with one attached hydrogen (secondary N) is 2. The Morgan fingerprint density at radius 1 is 1.00 bits per heavy atom. The van der Waals surface area contributed by atoms with E-state index in [1.807, 2.05) is 12.1 Å². The number of nitrogens with zero attached hydrogens (tertiary/aromatic N) is 3. The number of carbonyl (C=O) groups excluding carboxylic acids is 1. The van der Waals surface area contributed by atoms with E-state index in [1.165, 1.54) is 24.7 Å². The van der Waals surface area contributed by atoms with Crippen LogP contribution in [0.2, 0.25) is 0 Å². The van der Waals surface area contributed by atoms with Crippen molar-refractivity contribution in [2.24, 2.45) is 5.92 Å². The molecule has 1 amide bonds. The third-order valence-corrected chi connectivity index (χ3v) is 5.23. The van der Waals surface area contributed by atoms with Crippen molar-refractivity contribution in [2.45, 2.75) is 19.8 Å². The molecule has 6 nitrogen and oxygen atoms in total. The van der Waals surface area contributed by atoms with Gasteiger partial charge in [0.1, 0.15) is 5.82 Å². The lowest BCUT2D eigenvalue weighted by molar-refractivity contribution is 0.102. The van der Waals surface area contributed by atoms with Crippen LogP contribution in [0.25, 0.3) is 0 Å². The highest BCUT2D eigenvalue weighted by atomic mass is 16.1. The second kappa shape index (κ2) is 8.73. The molecular formula is C23H25N5O. The average Bonchev–Trinajstić information content (AvgIpc) is 2.77. The van der Waals surface area contributed by atoms with E-state index >= 15 is 0 Å². The van der Waals surface area contributed by atoms with Crippen LogP contribution in [0.5, 0.6) is 0 Å². The molecule has 3 heterocycles. The molecule has 1 saturated heterocycles. The molecule has 1 fully saturated rings. The number of pyridine rings is 2. The summed E-state index contributed by atoms with van der Waals surface area (Å²) in [5.74, 6) is 1.35. The van der Waals surface area contributed by atoms with Gasteiger partial charge in [-0.25, -0.2) is 4.98 Å². The summed E-state index contributed by atoms with van der Waals surface area (Å²) in [6.07, 6.45) is 7.33. The number of aromatic nitrogens is 2. The summed E-state index contributed by atoms with van der Waals surface area (Å²) in [7, 11) is 0. The summed E-state index contributed by atoms with van der Waals surface area (Å²) in [6, 6.07) is 15.6. The standard InChI is InChI=1S/C23H25N5O/c1-17-10-13-28(14-11-17)21-7-4-19(5-8-21)26-22-9-6-20(16-25-22)27-23(29)18-3-2-12-24-15-18/h2-9,12,15-17H,10-11,13-14H2,1H3,(H,25,26)(H,27,29). The Labute approximate surface area is 171 Å². The predicted molar refractivity (Wildman–Crippen MR) is 117 cm³/mol. The van der Waals surface area contributed by atoms with E-state index in [-0.39, 0.29) is 5.91 Å². The molecule has 0 bridgehead atoms. The Kier molecular flexibility index (Phi) is 5.70. The van der Waals surface area contributed by atoms with Crippen LogP contribution in [0.4, 0.5) is 22.9 Å². The number of amides is 1. The summed E-state index contributed by atoms with van der Waals surface area (Å²) >= 11 is 0. The first kappa shape index (κ1) is 18.9. The topological polar surface area (TPSA) is 70.2 Å². The molecule has 0 saturated carbocycles. The minimum absolute atomic E-state index is 0.205. The number of piperidine rings is 1. The third kappa shape index (κ3) is 4.90. The van der Waals surface area contributed by atoms with Gasteiger partial charge in [-0.1, -0.05) is 6.92 Å². The van der Waals surface area contributed by atoms with Crippen LogP contribution >= 0.6 is 0 Å². The van der Waals surface area contributed by atoms with Crippen molar-refractivity contribution in [3.63, 3.8) is 0 Å². The smallest absolute Gasteiger partial charge is 0.257 e. The second-order valence-corrected chi connectivity index (χ2v) is 7.47. The maximum absolute atomic E-state index is 12.2. The monoisotopic (exact) mass is 387 g/mol. The molecule has 2 N–H and O–H groups in total. The van der Waals surface area contributed by atoms with E-state index < -0.39 is 0 Å². The van der Waals surface area contributed by atoms with Crippen molar-refractivity contribution in [1.29, 1.82) is 0 Å². The van der Waals surface area contributed by atoms with Gasteiger partial charge in [0, 0.05) is 36.9 Å². The maximum Gasteiger partial charge on any atom is 0.257 e. The Morgan fingerprint density at radius 3 is 2.41 bits per heavy atom. The van der Waals surface area contributed by atoms with Crippen LogP contribution in [0, 0.1) is 5.92 Å². The van der Waals surface area contributed by atoms with E-state index in [2.05, 4.69) is 56.7 Å². The average molecular weight is 387 g/mol. The van der Waals surface area contributed by atoms with E-state index in [9.17, 15) is 4.79 Å². The van der Waals surface area contributed by atoms with Crippen LogP contribution in [0.1, 0.15) is 30.1 Å². The van der Waals surface area contributed by atoms with Crippen molar-refractivity contribution >= 4 is 28.8 Å². The zero-order chi connectivity index (χ0) is 20.1. The molecule has 29 heavy (non-hydrogen) atoms. The van der Waals surface area contributed by atoms with Crippen LogP contribution in [-0.2, 0) is 0 Å². The zero-order valence-corrected chi connectivity index (χ0v) is 16.5. The number of carbonyl (C=O) groups is 1. The zero-order valence-electron chi connectivity index (χ0n) is 16.5. The Balaban J connectivity index is 1.34. The molecule has 1 aromatic carbocycles. The van der Waals surface area contributed by atoms with Crippen molar-refractivity contribution in [3.05, 3.63) is 72.7 Å². The molecular weight excluding hydrogens is 362 g/mol. The quantitative estimate of drug-likeness (QED) is 0.663. The molecule has 3 aromatic rings. The maximum atomic E-state index is 12.2. The predicted octanol–water partition coefficient (Wildman–Crippen LogP) is 4.71. The van der Waals surface area contributed by atoms with Gasteiger partial charge in [0.25, 0.3) is 5.91 Å². The van der Waals surface area contributed by atoms with Crippen LogP contribution in [-0.4, -0.2) is 29.0 Å². The van der Waals surface area contributed by atoms with Gasteiger partial charge < -0.3 is 15.5 Å². The molecule has 0 radical (unpaired) electrons. The molecule has 1 aliphatic heterocycles. The molecule has 2 aromatic heterocycles. The van der Waals surface area contributed by atoms with E-state index in [0.717, 1.165) is 30.5 Å². The number of benzene rings is 1. The first-order valence-corrected chi connectivity index (χ1v) is 9.97. The molecule has 148 valence electrons. The highest BCUT2D eigenvalue weighted by Crippen LogP contribution is 2.25. The van der Waals surface area contributed by atoms with Gasteiger partial charge in [-0.2, -0.15) is 0 Å². The van der Waals surface area contributed by atoms with Gasteiger partial charge >= 0.3 is 0 Å². The molecule has 0 aliphatic carbocycles. The minimum Gasteiger partial charge on any atom is -0.372 e. The van der Waals surface area contributed by atoms with Gasteiger partial charge in [-0.05, 0) is 67.3 Å². The van der Waals surface area contributed by atoms with Gasteiger partial charge in [0.2, 0.25) is 0 Å². The number of rotatable bonds is 5. The fourth-order valence-corrected chi connectivity index (χ4v) is 3.41. The lowest BCUT2D eigenvalue weighted by Gasteiger charge is -2.32. The van der Waals surface area contributed by atoms with Crippen molar-refractivity contribution in [1.82, 2.24) is 9.97 Å². The third-order valence-electron chi connectivity index (χ3n) is 5.23. The lowest BCUT2D eigenvalue weighted by Crippen LogP contribution is -2.32. The van der Waals surface area contributed by atoms with Gasteiger partial charge in [-0.15, -0.1) is 0 Å². The minimum atomic E-state index is -0.205. The molecule has 6 heteroatoms. The number of anilines is 4. The van der Waals surface area contributed by atoms with Crippen LogP contribution in [0.3, 0.4) is 0 Å². The first-order chi connectivity index (χ1) is 14.2. The largest absolute Gasteiger partial charge is 0.372 e. The van der Waals surface area contributed by atoms with Crippen LogP contribution in [0.15, 0.2) is 67.1 Å². The van der Waals surface area contributed by atoms with Gasteiger partial charge in [0.15, 0.2) is 0 Å². The summed E-state index contributed by atoms with van der Waals surface area (Å²) in [4.78, 5) is 23.0. The molecule has 0 atom stereocenters. The summed E-state index contributed by atoms with van der Waals surface area (Å²) in [6.45, 7) is 4.58. The fourth-order valence-electron chi connectivity index (χ4n) is 3.41. The summed E-state index contributed by atoms with van der Waals surface area (Å²) in [5.41, 5.74) is 3.40.